The van der Waals surface area contributed by atoms with E-state index in [4.69, 9.17) is 0 Å². The summed E-state index contributed by atoms with van der Waals surface area (Å²) in [6.45, 7) is 5.08. The molecule has 6 nitrogen and oxygen atoms in total. The molecule has 3 aromatic rings. The molecule has 0 saturated carbocycles. The molecule has 2 heterocycles. The van der Waals surface area contributed by atoms with Gasteiger partial charge in [0.2, 0.25) is 5.91 Å². The van der Waals surface area contributed by atoms with Crippen molar-refractivity contribution in [3.63, 3.8) is 0 Å². The number of anilines is 2. The van der Waals surface area contributed by atoms with Crippen molar-refractivity contribution < 1.29 is 4.79 Å². The zero-order valence-electron chi connectivity index (χ0n) is 17.3. The quantitative estimate of drug-likeness (QED) is 0.552. The van der Waals surface area contributed by atoms with Crippen molar-refractivity contribution in [1.29, 1.82) is 0 Å². The van der Waals surface area contributed by atoms with Gasteiger partial charge < -0.3 is 14.8 Å². The summed E-state index contributed by atoms with van der Waals surface area (Å²) in [5.74, 6) is 1.19. The lowest BCUT2D eigenvalue weighted by molar-refractivity contribution is -0.113. The normalized spacial score (nSPS) is 13.6. The molecule has 0 atom stereocenters. The van der Waals surface area contributed by atoms with Crippen LogP contribution in [0.3, 0.4) is 0 Å². The van der Waals surface area contributed by atoms with E-state index in [2.05, 4.69) is 56.2 Å². The van der Waals surface area contributed by atoms with Gasteiger partial charge in [-0.1, -0.05) is 42.1 Å². The lowest BCUT2D eigenvalue weighted by atomic mass is 10.1. The smallest absolute Gasteiger partial charge is 0.234 e. The Labute approximate surface area is 181 Å². The number of amides is 1. The van der Waals surface area contributed by atoms with Crippen molar-refractivity contribution >= 4 is 29.0 Å². The third kappa shape index (κ3) is 5.02. The van der Waals surface area contributed by atoms with Gasteiger partial charge in [0.05, 0.1) is 5.75 Å². The molecule has 1 fully saturated rings. The zero-order valence-corrected chi connectivity index (χ0v) is 18.1. The Bertz CT molecular complexity index is 965. The van der Waals surface area contributed by atoms with E-state index in [1.165, 1.54) is 35.9 Å². The van der Waals surface area contributed by atoms with Crippen LogP contribution in [0.2, 0.25) is 0 Å². The number of nitrogens with zero attached hydrogens (tertiary/aromatic N) is 4. The minimum Gasteiger partial charge on any atom is -0.372 e. The van der Waals surface area contributed by atoms with E-state index in [0.29, 0.717) is 5.75 Å². The predicted molar refractivity (Wildman–Crippen MR) is 122 cm³/mol. The lowest BCUT2D eigenvalue weighted by Gasteiger charge is -2.17. The Morgan fingerprint density at radius 1 is 1.03 bits per heavy atom. The number of aromatic nitrogens is 3. The molecule has 1 N–H and O–H groups in total. The van der Waals surface area contributed by atoms with Crippen LogP contribution in [0.5, 0.6) is 0 Å². The van der Waals surface area contributed by atoms with Crippen LogP contribution in [0.25, 0.3) is 0 Å². The molecule has 0 spiro atoms. The number of nitrogens with one attached hydrogen (secondary N) is 1. The van der Waals surface area contributed by atoms with Crippen molar-refractivity contribution in [2.75, 3.05) is 29.1 Å². The molecule has 0 bridgehead atoms. The van der Waals surface area contributed by atoms with Gasteiger partial charge in [0.25, 0.3) is 0 Å². The minimum absolute atomic E-state index is 0.0378. The summed E-state index contributed by atoms with van der Waals surface area (Å²) in [7, 11) is 0. The Morgan fingerprint density at radius 2 is 1.77 bits per heavy atom. The maximum Gasteiger partial charge on any atom is 0.234 e. The summed E-state index contributed by atoms with van der Waals surface area (Å²) in [6.07, 6.45) is 3.24. The second-order valence-corrected chi connectivity index (χ2v) is 8.33. The Kier molecular flexibility index (Phi) is 6.69. The summed E-state index contributed by atoms with van der Waals surface area (Å²) >= 11 is 1.42. The van der Waals surface area contributed by atoms with Gasteiger partial charge in [-0.3, -0.25) is 4.79 Å². The molecule has 0 radical (unpaired) electrons. The molecule has 156 valence electrons. The van der Waals surface area contributed by atoms with Crippen molar-refractivity contribution in [2.24, 2.45) is 0 Å². The summed E-state index contributed by atoms with van der Waals surface area (Å²) < 4.78 is 2.08. The van der Waals surface area contributed by atoms with Crippen molar-refractivity contribution in [2.45, 2.75) is 37.9 Å². The lowest BCUT2D eigenvalue weighted by Crippen LogP contribution is -2.18. The zero-order chi connectivity index (χ0) is 20.8. The van der Waals surface area contributed by atoms with Crippen LogP contribution in [0.1, 0.15) is 31.2 Å². The van der Waals surface area contributed by atoms with Gasteiger partial charge in [-0.25, -0.2) is 0 Å². The number of rotatable bonds is 8. The molecule has 1 amide bonds. The van der Waals surface area contributed by atoms with Crippen LogP contribution in [-0.4, -0.2) is 39.5 Å². The first kappa shape index (κ1) is 20.5. The van der Waals surface area contributed by atoms with Gasteiger partial charge in [-0.15, -0.1) is 10.2 Å². The summed E-state index contributed by atoms with van der Waals surface area (Å²) in [5.41, 5.74) is 3.25. The van der Waals surface area contributed by atoms with Gasteiger partial charge in [-0.2, -0.15) is 0 Å². The van der Waals surface area contributed by atoms with E-state index < -0.39 is 0 Å². The average molecular weight is 422 g/mol. The second-order valence-electron chi connectivity index (χ2n) is 7.38. The second kappa shape index (κ2) is 9.80. The highest BCUT2D eigenvalue weighted by molar-refractivity contribution is 7.99. The van der Waals surface area contributed by atoms with Crippen LogP contribution in [-0.2, 0) is 17.8 Å². The molecule has 2 aromatic carbocycles. The molecule has 7 heteroatoms. The summed E-state index contributed by atoms with van der Waals surface area (Å²) in [5, 5.41) is 12.4. The first-order chi connectivity index (χ1) is 14.7. The molecule has 1 saturated heterocycles. The Hall–Kier alpha value is -2.80. The fourth-order valence-electron chi connectivity index (χ4n) is 3.71. The largest absolute Gasteiger partial charge is 0.372 e. The molecule has 1 aliphatic rings. The van der Waals surface area contributed by atoms with Gasteiger partial charge in [0.15, 0.2) is 5.16 Å². The summed E-state index contributed by atoms with van der Waals surface area (Å²) in [4.78, 5) is 14.8. The molecule has 0 unspecified atom stereocenters. The van der Waals surface area contributed by atoms with E-state index >= 15 is 0 Å². The molecular formula is C23H27N5OS. The van der Waals surface area contributed by atoms with E-state index in [0.717, 1.165) is 42.7 Å². The molecule has 1 aromatic heterocycles. The predicted octanol–water partition coefficient (Wildman–Crippen LogP) is 4.22. The third-order valence-corrected chi connectivity index (χ3v) is 6.24. The SMILES string of the molecule is CCn1c(Cc2ccccc2)nnc1SCC(=O)Nc1ccc(N2CCCC2)cc1. The number of carbonyl (C=O) groups is 1. The molecular weight excluding hydrogens is 394 g/mol. The number of hydrogen-bond donors (Lipinski definition) is 1. The van der Waals surface area contributed by atoms with Crippen molar-refractivity contribution in [3.05, 3.63) is 66.0 Å². The molecule has 0 aliphatic carbocycles. The van der Waals surface area contributed by atoms with Crippen LogP contribution in [0.4, 0.5) is 11.4 Å². The highest BCUT2D eigenvalue weighted by atomic mass is 32.2. The van der Waals surface area contributed by atoms with Crippen LogP contribution in [0, 0.1) is 0 Å². The number of carbonyl (C=O) groups excluding carboxylic acids is 1. The van der Waals surface area contributed by atoms with E-state index in [9.17, 15) is 4.79 Å². The first-order valence-corrected chi connectivity index (χ1v) is 11.4. The maximum absolute atomic E-state index is 12.4. The Morgan fingerprint density at radius 3 is 2.47 bits per heavy atom. The number of thioether (sulfide) groups is 1. The van der Waals surface area contributed by atoms with Crippen LogP contribution >= 0.6 is 11.8 Å². The van der Waals surface area contributed by atoms with E-state index in [-0.39, 0.29) is 5.91 Å². The standard InChI is InChI=1S/C23H27N5OS/c1-2-28-21(16-18-8-4-3-5-9-18)25-26-23(28)30-17-22(29)24-19-10-12-20(13-11-19)27-14-6-7-15-27/h3-5,8-13H,2,6-7,14-17H2,1H3,(H,24,29). The van der Waals surface area contributed by atoms with E-state index in [1.807, 2.05) is 30.3 Å². The van der Waals surface area contributed by atoms with E-state index in [1.54, 1.807) is 0 Å². The third-order valence-electron chi connectivity index (χ3n) is 5.27. The number of benzene rings is 2. The monoisotopic (exact) mass is 421 g/mol. The van der Waals surface area contributed by atoms with Crippen LogP contribution < -0.4 is 10.2 Å². The Balaban J connectivity index is 1.32. The maximum atomic E-state index is 12.4. The molecule has 30 heavy (non-hydrogen) atoms. The fourth-order valence-corrected chi connectivity index (χ4v) is 4.53. The minimum atomic E-state index is -0.0378. The topological polar surface area (TPSA) is 63.1 Å². The average Bonchev–Trinajstić information content (AvgIpc) is 3.44. The van der Waals surface area contributed by atoms with Crippen molar-refractivity contribution in [3.8, 4) is 0 Å². The fraction of sp³-hybridized carbons (Fsp3) is 0.348. The summed E-state index contributed by atoms with van der Waals surface area (Å²) in [6, 6.07) is 18.3. The highest BCUT2D eigenvalue weighted by Gasteiger charge is 2.15. The van der Waals surface area contributed by atoms with Gasteiger partial charge in [-0.05, 0) is 49.6 Å². The van der Waals surface area contributed by atoms with Gasteiger partial charge >= 0.3 is 0 Å². The molecule has 4 rings (SSSR count). The molecule has 1 aliphatic heterocycles. The van der Waals surface area contributed by atoms with Gasteiger partial charge in [0.1, 0.15) is 5.82 Å². The van der Waals surface area contributed by atoms with Crippen molar-refractivity contribution in [1.82, 2.24) is 14.8 Å². The highest BCUT2D eigenvalue weighted by Crippen LogP contribution is 2.23. The first-order valence-electron chi connectivity index (χ1n) is 10.5. The number of hydrogen-bond acceptors (Lipinski definition) is 5. The van der Waals surface area contributed by atoms with Crippen LogP contribution in [0.15, 0.2) is 59.8 Å². The van der Waals surface area contributed by atoms with Gasteiger partial charge in [0, 0.05) is 37.4 Å².